The number of hydrogen-bond donors (Lipinski definition) is 2. The van der Waals surface area contributed by atoms with Crippen LogP contribution in [0.3, 0.4) is 0 Å². The number of hydrogen-bond acceptors (Lipinski definition) is 4. The molecule has 3 rings (SSSR count). The van der Waals surface area contributed by atoms with Crippen molar-refractivity contribution in [2.75, 3.05) is 7.05 Å². The number of H-pyrrole nitrogens is 1. The Morgan fingerprint density at radius 3 is 2.58 bits per heavy atom. The molecule has 0 aliphatic heterocycles. The summed E-state index contributed by atoms with van der Waals surface area (Å²) in [5.74, 6) is -0.518. The molecule has 136 valence electrons. The first kappa shape index (κ1) is 18.2. The van der Waals surface area contributed by atoms with Crippen molar-refractivity contribution >= 4 is 21.2 Å². The number of nitrogens with two attached hydrogens (primary N) is 1. The second kappa shape index (κ2) is 6.60. The van der Waals surface area contributed by atoms with Gasteiger partial charge in [-0.05, 0) is 36.2 Å². The molecule has 1 atom stereocenters. The van der Waals surface area contributed by atoms with Crippen LogP contribution in [0.15, 0.2) is 47.4 Å². The standard InChI is InChI=1S/C17H17FN4O3S/c1-10(22(2)26(19,24)25)11-3-4-13(15(18)9-11)12-7-8-20-17-14(12)5-6-16(23)21-17/h3-10H,1-2H3,(H2,19,24,25)(H,20,21,23)/t10-/m1/s1. The third kappa shape index (κ3) is 3.36. The van der Waals surface area contributed by atoms with Crippen molar-refractivity contribution in [2.24, 2.45) is 5.14 Å². The molecule has 0 saturated carbocycles. The molecule has 0 fully saturated rings. The maximum Gasteiger partial charge on any atom is 0.277 e. The van der Waals surface area contributed by atoms with Crippen LogP contribution in [0, 0.1) is 5.82 Å². The van der Waals surface area contributed by atoms with Gasteiger partial charge in [-0.15, -0.1) is 0 Å². The first-order valence-corrected chi connectivity index (χ1v) is 9.22. The van der Waals surface area contributed by atoms with Crippen molar-refractivity contribution in [1.82, 2.24) is 14.3 Å². The van der Waals surface area contributed by atoms with Crippen LogP contribution in [-0.2, 0) is 10.2 Å². The minimum atomic E-state index is -3.89. The molecule has 0 radical (unpaired) electrons. The van der Waals surface area contributed by atoms with E-state index in [9.17, 15) is 17.6 Å². The molecular formula is C17H17FN4O3S. The van der Waals surface area contributed by atoms with Crippen LogP contribution in [0.5, 0.6) is 0 Å². The number of aromatic amines is 1. The Morgan fingerprint density at radius 1 is 1.19 bits per heavy atom. The van der Waals surface area contributed by atoms with E-state index in [2.05, 4.69) is 9.97 Å². The molecule has 0 saturated heterocycles. The lowest BCUT2D eigenvalue weighted by Gasteiger charge is -2.22. The summed E-state index contributed by atoms with van der Waals surface area (Å²) in [6, 6.07) is 8.45. The molecule has 7 nitrogen and oxygen atoms in total. The maximum atomic E-state index is 14.8. The van der Waals surface area contributed by atoms with Gasteiger partial charge in [0.05, 0.1) is 0 Å². The fourth-order valence-corrected chi connectivity index (χ4v) is 3.30. The maximum absolute atomic E-state index is 14.8. The Hall–Kier alpha value is -2.62. The first-order valence-electron chi connectivity index (χ1n) is 7.72. The zero-order valence-electron chi connectivity index (χ0n) is 14.1. The second-order valence-corrected chi connectivity index (χ2v) is 7.53. The largest absolute Gasteiger partial charge is 0.307 e. The fraction of sp³-hybridized carbons (Fsp3) is 0.176. The van der Waals surface area contributed by atoms with Gasteiger partial charge in [0.2, 0.25) is 5.56 Å². The predicted molar refractivity (Wildman–Crippen MR) is 97.0 cm³/mol. The number of rotatable bonds is 4. The van der Waals surface area contributed by atoms with Crippen LogP contribution in [0.1, 0.15) is 18.5 Å². The molecule has 2 aromatic heterocycles. The monoisotopic (exact) mass is 376 g/mol. The van der Waals surface area contributed by atoms with Gasteiger partial charge in [-0.2, -0.15) is 12.7 Å². The van der Waals surface area contributed by atoms with Crippen LogP contribution < -0.4 is 10.7 Å². The van der Waals surface area contributed by atoms with Crippen molar-refractivity contribution in [3.05, 3.63) is 64.3 Å². The molecule has 0 bridgehead atoms. The Balaban J connectivity index is 2.08. The molecule has 2 heterocycles. The summed E-state index contributed by atoms with van der Waals surface area (Å²) in [6.45, 7) is 1.62. The molecule has 0 aliphatic carbocycles. The number of benzene rings is 1. The van der Waals surface area contributed by atoms with Gasteiger partial charge in [-0.1, -0.05) is 12.1 Å². The SMILES string of the molecule is C[C@H](c1ccc(-c2ccnc3[nH]c(=O)ccc23)c(F)c1)N(C)S(N)(=O)=O. The van der Waals surface area contributed by atoms with E-state index in [1.54, 1.807) is 31.2 Å². The normalized spacial score (nSPS) is 13.3. The van der Waals surface area contributed by atoms with E-state index in [1.807, 2.05) is 0 Å². The summed E-state index contributed by atoms with van der Waals surface area (Å²) < 4.78 is 38.7. The topological polar surface area (TPSA) is 109 Å². The Kier molecular flexibility index (Phi) is 4.61. The molecular weight excluding hydrogens is 359 g/mol. The van der Waals surface area contributed by atoms with Crippen molar-refractivity contribution < 1.29 is 12.8 Å². The number of aromatic nitrogens is 2. The summed E-state index contributed by atoms with van der Waals surface area (Å²) in [4.78, 5) is 18.1. The van der Waals surface area contributed by atoms with E-state index >= 15 is 0 Å². The van der Waals surface area contributed by atoms with Gasteiger partial charge in [0.25, 0.3) is 10.2 Å². The Morgan fingerprint density at radius 2 is 1.92 bits per heavy atom. The van der Waals surface area contributed by atoms with Crippen molar-refractivity contribution in [3.63, 3.8) is 0 Å². The second-order valence-electron chi connectivity index (χ2n) is 5.92. The van der Waals surface area contributed by atoms with Crippen LogP contribution in [0.25, 0.3) is 22.2 Å². The predicted octanol–water partition coefficient (Wildman–Crippen LogP) is 1.93. The number of nitrogens with one attached hydrogen (secondary N) is 1. The first-order chi connectivity index (χ1) is 12.2. The molecule has 0 aliphatic rings. The molecule has 3 aromatic rings. The Bertz CT molecular complexity index is 1140. The van der Waals surface area contributed by atoms with E-state index < -0.39 is 22.1 Å². The van der Waals surface area contributed by atoms with Gasteiger partial charge >= 0.3 is 0 Å². The van der Waals surface area contributed by atoms with E-state index in [4.69, 9.17) is 5.14 Å². The molecule has 26 heavy (non-hydrogen) atoms. The molecule has 1 aromatic carbocycles. The van der Waals surface area contributed by atoms with E-state index in [0.717, 1.165) is 4.31 Å². The molecule has 0 spiro atoms. The quantitative estimate of drug-likeness (QED) is 0.725. The fourth-order valence-electron chi connectivity index (χ4n) is 2.73. The third-order valence-electron chi connectivity index (χ3n) is 4.35. The summed E-state index contributed by atoms with van der Waals surface area (Å²) >= 11 is 0. The van der Waals surface area contributed by atoms with Crippen molar-refractivity contribution in [3.8, 4) is 11.1 Å². The average molecular weight is 376 g/mol. The van der Waals surface area contributed by atoms with Gasteiger partial charge in [0.1, 0.15) is 11.5 Å². The molecule has 0 unspecified atom stereocenters. The number of halogens is 1. The van der Waals surface area contributed by atoms with Crippen molar-refractivity contribution in [2.45, 2.75) is 13.0 Å². The minimum absolute atomic E-state index is 0.294. The zero-order valence-corrected chi connectivity index (χ0v) is 14.9. The highest BCUT2D eigenvalue weighted by atomic mass is 32.2. The molecule has 0 amide bonds. The molecule has 3 N–H and O–H groups in total. The van der Waals surface area contributed by atoms with Crippen LogP contribution in [0.2, 0.25) is 0 Å². The van der Waals surface area contributed by atoms with Gasteiger partial charge < -0.3 is 4.98 Å². The molecule has 9 heteroatoms. The zero-order chi connectivity index (χ0) is 19.1. The van der Waals surface area contributed by atoms with Crippen LogP contribution in [0.4, 0.5) is 4.39 Å². The van der Waals surface area contributed by atoms with E-state index in [-0.39, 0.29) is 5.56 Å². The average Bonchev–Trinajstić information content (AvgIpc) is 2.59. The van der Waals surface area contributed by atoms with E-state index in [1.165, 1.54) is 25.4 Å². The lowest BCUT2D eigenvalue weighted by Crippen LogP contribution is -2.35. The Labute approximate surface area is 149 Å². The summed E-state index contributed by atoms with van der Waals surface area (Å²) in [5.41, 5.74) is 1.43. The lowest BCUT2D eigenvalue weighted by molar-refractivity contribution is 0.398. The lowest BCUT2D eigenvalue weighted by atomic mass is 9.99. The highest BCUT2D eigenvalue weighted by Crippen LogP contribution is 2.31. The van der Waals surface area contributed by atoms with E-state index in [0.29, 0.717) is 27.7 Å². The summed E-state index contributed by atoms with van der Waals surface area (Å²) in [6.07, 6.45) is 1.48. The number of fused-ring (bicyclic) bond motifs is 1. The van der Waals surface area contributed by atoms with Crippen molar-refractivity contribution in [1.29, 1.82) is 0 Å². The summed E-state index contributed by atoms with van der Waals surface area (Å²) in [7, 11) is -2.56. The third-order valence-corrected chi connectivity index (χ3v) is 5.46. The number of nitrogens with zero attached hydrogens (tertiary/aromatic N) is 2. The minimum Gasteiger partial charge on any atom is -0.307 e. The van der Waals surface area contributed by atoms with Crippen LogP contribution in [-0.4, -0.2) is 29.7 Å². The number of pyridine rings is 2. The smallest absolute Gasteiger partial charge is 0.277 e. The highest BCUT2D eigenvalue weighted by Gasteiger charge is 2.22. The van der Waals surface area contributed by atoms with Gasteiger partial charge in [0, 0.05) is 36.3 Å². The van der Waals surface area contributed by atoms with Gasteiger partial charge in [-0.25, -0.2) is 14.5 Å². The highest BCUT2D eigenvalue weighted by molar-refractivity contribution is 7.86. The van der Waals surface area contributed by atoms with Crippen LogP contribution >= 0.6 is 0 Å². The van der Waals surface area contributed by atoms with Gasteiger partial charge in [-0.3, -0.25) is 4.79 Å². The summed E-state index contributed by atoms with van der Waals surface area (Å²) in [5, 5.41) is 5.72. The van der Waals surface area contributed by atoms with Gasteiger partial charge in [0.15, 0.2) is 0 Å².